The third kappa shape index (κ3) is 2.67. The summed E-state index contributed by atoms with van der Waals surface area (Å²) in [4.78, 5) is 4.35. The number of benzene rings is 1. The van der Waals surface area contributed by atoms with Crippen molar-refractivity contribution in [2.75, 3.05) is 5.32 Å². The van der Waals surface area contributed by atoms with Crippen molar-refractivity contribution in [1.29, 1.82) is 0 Å². The quantitative estimate of drug-likeness (QED) is 0.844. The van der Waals surface area contributed by atoms with Crippen LogP contribution in [0.3, 0.4) is 0 Å². The van der Waals surface area contributed by atoms with E-state index in [1.807, 2.05) is 12.1 Å². The van der Waals surface area contributed by atoms with Crippen LogP contribution in [0.1, 0.15) is 26.7 Å². The first kappa shape index (κ1) is 11.7. The SMILES string of the molecule is CCCC(C)Nc1nccc2ccc(O)cc12. The molecule has 90 valence electrons. The van der Waals surface area contributed by atoms with Crippen LogP contribution in [0.15, 0.2) is 30.5 Å². The smallest absolute Gasteiger partial charge is 0.134 e. The van der Waals surface area contributed by atoms with Crippen LogP contribution in [0, 0.1) is 0 Å². The lowest BCUT2D eigenvalue weighted by atomic mass is 10.1. The molecule has 0 radical (unpaired) electrons. The van der Waals surface area contributed by atoms with E-state index in [9.17, 15) is 5.11 Å². The summed E-state index contributed by atoms with van der Waals surface area (Å²) in [7, 11) is 0. The molecule has 0 spiro atoms. The van der Waals surface area contributed by atoms with Crippen molar-refractivity contribution in [3.05, 3.63) is 30.5 Å². The lowest BCUT2D eigenvalue weighted by Crippen LogP contribution is -2.15. The standard InChI is InChI=1S/C14H18N2O/c1-3-4-10(2)16-14-13-9-12(17)6-5-11(13)7-8-15-14/h5-10,17H,3-4H2,1-2H3,(H,15,16). The molecule has 0 saturated heterocycles. The number of phenols is 1. The maximum Gasteiger partial charge on any atom is 0.134 e. The highest BCUT2D eigenvalue weighted by Gasteiger charge is 2.06. The van der Waals surface area contributed by atoms with Gasteiger partial charge in [0, 0.05) is 17.6 Å². The van der Waals surface area contributed by atoms with Gasteiger partial charge in [0.2, 0.25) is 0 Å². The van der Waals surface area contributed by atoms with Gasteiger partial charge in [-0.1, -0.05) is 19.4 Å². The molecule has 2 rings (SSSR count). The Hall–Kier alpha value is -1.77. The van der Waals surface area contributed by atoms with Crippen molar-refractivity contribution in [2.24, 2.45) is 0 Å². The third-order valence-corrected chi connectivity index (χ3v) is 2.85. The monoisotopic (exact) mass is 230 g/mol. The summed E-state index contributed by atoms with van der Waals surface area (Å²) in [5.41, 5.74) is 0. The average molecular weight is 230 g/mol. The van der Waals surface area contributed by atoms with E-state index in [-0.39, 0.29) is 5.75 Å². The maximum absolute atomic E-state index is 9.54. The van der Waals surface area contributed by atoms with Crippen LogP contribution < -0.4 is 5.32 Å². The van der Waals surface area contributed by atoms with E-state index < -0.39 is 0 Å². The van der Waals surface area contributed by atoms with Crippen LogP contribution in [0.25, 0.3) is 10.8 Å². The van der Waals surface area contributed by atoms with E-state index in [2.05, 4.69) is 24.1 Å². The average Bonchev–Trinajstić information content (AvgIpc) is 2.30. The van der Waals surface area contributed by atoms with Crippen molar-refractivity contribution >= 4 is 16.6 Å². The van der Waals surface area contributed by atoms with Crippen LogP contribution in [0.5, 0.6) is 5.75 Å². The number of nitrogens with one attached hydrogen (secondary N) is 1. The Balaban J connectivity index is 2.36. The molecule has 0 aliphatic carbocycles. The highest BCUT2D eigenvalue weighted by molar-refractivity contribution is 5.92. The van der Waals surface area contributed by atoms with Crippen LogP contribution >= 0.6 is 0 Å². The highest BCUT2D eigenvalue weighted by Crippen LogP contribution is 2.25. The molecule has 0 fully saturated rings. The second-order valence-electron chi connectivity index (χ2n) is 4.40. The molecule has 2 aromatic rings. The van der Waals surface area contributed by atoms with Gasteiger partial charge in [0.15, 0.2) is 0 Å². The molecule has 0 amide bonds. The van der Waals surface area contributed by atoms with E-state index in [0.29, 0.717) is 6.04 Å². The van der Waals surface area contributed by atoms with Crippen molar-refractivity contribution in [2.45, 2.75) is 32.7 Å². The van der Waals surface area contributed by atoms with Gasteiger partial charge in [-0.2, -0.15) is 0 Å². The summed E-state index contributed by atoms with van der Waals surface area (Å²) in [6.07, 6.45) is 4.04. The first-order valence-corrected chi connectivity index (χ1v) is 6.05. The molecule has 17 heavy (non-hydrogen) atoms. The number of nitrogens with zero attached hydrogens (tertiary/aromatic N) is 1. The predicted molar refractivity (Wildman–Crippen MR) is 71.4 cm³/mol. The molecule has 1 atom stereocenters. The first-order valence-electron chi connectivity index (χ1n) is 6.05. The number of hydrogen-bond acceptors (Lipinski definition) is 3. The Morgan fingerprint density at radius 2 is 2.18 bits per heavy atom. The Bertz CT molecular complexity index is 511. The van der Waals surface area contributed by atoms with Crippen molar-refractivity contribution in [1.82, 2.24) is 4.98 Å². The van der Waals surface area contributed by atoms with Crippen molar-refractivity contribution in [3.63, 3.8) is 0 Å². The topological polar surface area (TPSA) is 45.2 Å². The fraction of sp³-hybridized carbons (Fsp3) is 0.357. The highest BCUT2D eigenvalue weighted by atomic mass is 16.3. The molecule has 0 saturated carbocycles. The van der Waals surface area contributed by atoms with E-state index in [4.69, 9.17) is 0 Å². The van der Waals surface area contributed by atoms with Crippen LogP contribution in [-0.4, -0.2) is 16.1 Å². The Morgan fingerprint density at radius 1 is 1.35 bits per heavy atom. The molecule has 1 heterocycles. The number of hydrogen-bond donors (Lipinski definition) is 2. The molecular weight excluding hydrogens is 212 g/mol. The van der Waals surface area contributed by atoms with Gasteiger partial charge in [0.25, 0.3) is 0 Å². The minimum absolute atomic E-state index is 0.275. The number of aromatic hydroxyl groups is 1. The zero-order valence-electron chi connectivity index (χ0n) is 10.3. The summed E-state index contributed by atoms with van der Waals surface area (Å²) in [5.74, 6) is 1.12. The van der Waals surface area contributed by atoms with Gasteiger partial charge in [-0.15, -0.1) is 0 Å². The van der Waals surface area contributed by atoms with Gasteiger partial charge < -0.3 is 10.4 Å². The van der Waals surface area contributed by atoms with Gasteiger partial charge in [0.1, 0.15) is 11.6 Å². The van der Waals surface area contributed by atoms with E-state index in [1.165, 1.54) is 0 Å². The van der Waals surface area contributed by atoms with Crippen LogP contribution in [0.2, 0.25) is 0 Å². The van der Waals surface area contributed by atoms with Gasteiger partial charge in [-0.3, -0.25) is 0 Å². The summed E-state index contributed by atoms with van der Waals surface area (Å²) in [6.45, 7) is 4.31. The second kappa shape index (κ2) is 5.04. The van der Waals surface area contributed by atoms with E-state index in [1.54, 1.807) is 18.3 Å². The normalized spacial score (nSPS) is 12.6. The summed E-state index contributed by atoms with van der Waals surface area (Å²) in [5, 5.41) is 15.0. The van der Waals surface area contributed by atoms with Gasteiger partial charge in [-0.05, 0) is 36.9 Å². The number of rotatable bonds is 4. The predicted octanol–water partition coefficient (Wildman–Crippen LogP) is 3.54. The fourth-order valence-electron chi connectivity index (χ4n) is 2.01. The minimum atomic E-state index is 0.275. The summed E-state index contributed by atoms with van der Waals surface area (Å²) < 4.78 is 0. The minimum Gasteiger partial charge on any atom is -0.508 e. The lowest BCUT2D eigenvalue weighted by molar-refractivity contribution is 0.476. The zero-order valence-corrected chi connectivity index (χ0v) is 10.3. The van der Waals surface area contributed by atoms with Gasteiger partial charge in [0.05, 0.1) is 0 Å². The molecular formula is C14H18N2O. The first-order chi connectivity index (χ1) is 8.20. The number of aromatic nitrogens is 1. The number of pyridine rings is 1. The second-order valence-corrected chi connectivity index (χ2v) is 4.40. The summed E-state index contributed by atoms with van der Waals surface area (Å²) in [6, 6.07) is 7.69. The van der Waals surface area contributed by atoms with Gasteiger partial charge in [-0.25, -0.2) is 4.98 Å². The molecule has 2 N–H and O–H groups in total. The number of phenolic OH excluding ortho intramolecular Hbond substituents is 1. The van der Waals surface area contributed by atoms with Crippen molar-refractivity contribution in [3.8, 4) is 5.75 Å². The summed E-state index contributed by atoms with van der Waals surface area (Å²) >= 11 is 0. The Labute approximate surface area is 102 Å². The fourth-order valence-corrected chi connectivity index (χ4v) is 2.01. The lowest BCUT2D eigenvalue weighted by Gasteiger charge is -2.15. The number of fused-ring (bicyclic) bond motifs is 1. The largest absolute Gasteiger partial charge is 0.508 e. The van der Waals surface area contributed by atoms with Crippen LogP contribution in [0.4, 0.5) is 5.82 Å². The Kier molecular flexibility index (Phi) is 3.47. The molecule has 1 unspecified atom stereocenters. The molecule has 0 aliphatic heterocycles. The molecule has 0 bridgehead atoms. The third-order valence-electron chi connectivity index (χ3n) is 2.85. The maximum atomic E-state index is 9.54. The Morgan fingerprint density at radius 3 is 2.94 bits per heavy atom. The molecule has 0 aliphatic rings. The molecule has 1 aromatic heterocycles. The molecule has 3 nitrogen and oxygen atoms in total. The van der Waals surface area contributed by atoms with E-state index >= 15 is 0 Å². The van der Waals surface area contributed by atoms with E-state index in [0.717, 1.165) is 29.4 Å². The zero-order chi connectivity index (χ0) is 12.3. The van der Waals surface area contributed by atoms with Crippen LogP contribution in [-0.2, 0) is 0 Å². The molecule has 3 heteroatoms. The number of anilines is 1. The van der Waals surface area contributed by atoms with Gasteiger partial charge >= 0.3 is 0 Å². The molecule has 1 aromatic carbocycles. The van der Waals surface area contributed by atoms with Crippen molar-refractivity contribution < 1.29 is 5.11 Å².